The highest BCUT2D eigenvalue weighted by atomic mass is 16.5. The van der Waals surface area contributed by atoms with Crippen LogP contribution in [0.1, 0.15) is 36.7 Å². The maximum absolute atomic E-state index is 12.4. The number of benzene rings is 2. The van der Waals surface area contributed by atoms with Gasteiger partial charge in [-0.3, -0.25) is 4.79 Å². The highest BCUT2D eigenvalue weighted by Crippen LogP contribution is 2.16. The van der Waals surface area contributed by atoms with Gasteiger partial charge in [0, 0.05) is 11.1 Å². The van der Waals surface area contributed by atoms with Crippen molar-refractivity contribution in [2.45, 2.75) is 20.8 Å². The first-order chi connectivity index (χ1) is 13.5. The summed E-state index contributed by atoms with van der Waals surface area (Å²) in [5, 5.41) is 12.3. The molecular formula is C22H30N2O4. The molecule has 0 aliphatic carbocycles. The van der Waals surface area contributed by atoms with Crippen LogP contribution in [-0.2, 0) is 0 Å². The predicted octanol–water partition coefficient (Wildman–Crippen LogP) is 4.11. The molecule has 0 aromatic heterocycles. The third kappa shape index (κ3) is 6.70. The molecule has 0 fully saturated rings. The van der Waals surface area contributed by atoms with E-state index in [0.717, 1.165) is 0 Å². The number of ether oxygens (including phenoxy) is 2. The molecule has 0 saturated heterocycles. The minimum absolute atomic E-state index is 0.0252. The van der Waals surface area contributed by atoms with Crippen LogP contribution in [0, 0.1) is 0 Å². The second-order valence-electron chi connectivity index (χ2n) is 5.85. The fourth-order valence-electron chi connectivity index (χ4n) is 2.53. The maximum atomic E-state index is 12.4. The van der Waals surface area contributed by atoms with Gasteiger partial charge >= 0.3 is 0 Å². The minimum Gasteiger partial charge on any atom is -0.497 e. The van der Waals surface area contributed by atoms with Crippen molar-refractivity contribution >= 4 is 11.5 Å². The molecule has 0 aliphatic rings. The maximum Gasteiger partial charge on any atom is 0.215 e. The summed E-state index contributed by atoms with van der Waals surface area (Å²) >= 11 is 0. The summed E-state index contributed by atoms with van der Waals surface area (Å²) in [6.45, 7) is 10.1. The Morgan fingerprint density at radius 2 is 1.21 bits per heavy atom. The van der Waals surface area contributed by atoms with E-state index in [-0.39, 0.29) is 11.5 Å². The number of nitrogens with zero attached hydrogens (tertiary/aromatic N) is 2. The highest BCUT2D eigenvalue weighted by Gasteiger charge is 2.17. The zero-order chi connectivity index (χ0) is 20.9. The lowest BCUT2D eigenvalue weighted by Crippen LogP contribution is -2.21. The summed E-state index contributed by atoms with van der Waals surface area (Å²) in [5.74, 6) is 0.941. The van der Waals surface area contributed by atoms with Gasteiger partial charge in [0.15, 0.2) is 5.71 Å². The topological polar surface area (TPSA) is 71.4 Å². The Bertz CT molecular complexity index is 731. The van der Waals surface area contributed by atoms with E-state index in [0.29, 0.717) is 22.6 Å². The smallest absolute Gasteiger partial charge is 0.215 e. The Morgan fingerprint density at radius 3 is 1.50 bits per heavy atom. The van der Waals surface area contributed by atoms with Crippen LogP contribution in [0.3, 0.4) is 0 Å². The first-order valence-corrected chi connectivity index (χ1v) is 9.32. The molecule has 0 saturated carbocycles. The van der Waals surface area contributed by atoms with Crippen molar-refractivity contribution < 1.29 is 19.5 Å². The zero-order valence-corrected chi connectivity index (χ0v) is 17.3. The lowest BCUT2D eigenvalue weighted by Gasteiger charge is -2.13. The fourth-order valence-corrected chi connectivity index (χ4v) is 2.53. The third-order valence-corrected chi connectivity index (χ3v) is 4.37. The van der Waals surface area contributed by atoms with Crippen LogP contribution in [-0.4, -0.2) is 55.5 Å². The number of Topliss-reactive ketones (excluding diaryl/α,β-unsaturated/α-hetero) is 1. The second kappa shape index (κ2) is 12.5. The van der Waals surface area contributed by atoms with Gasteiger partial charge in [-0.25, -0.2) is 0 Å². The average molecular weight is 386 g/mol. The summed E-state index contributed by atoms with van der Waals surface area (Å²) in [7, 11) is 3.10. The Kier molecular flexibility index (Phi) is 10.4. The quantitative estimate of drug-likeness (QED) is 0.320. The van der Waals surface area contributed by atoms with Crippen molar-refractivity contribution in [3.8, 4) is 11.5 Å². The van der Waals surface area contributed by atoms with Crippen molar-refractivity contribution in [1.82, 2.24) is 4.90 Å². The highest BCUT2D eigenvalue weighted by molar-refractivity contribution is 6.51. The minimum atomic E-state index is -0.370. The van der Waals surface area contributed by atoms with E-state index in [1.807, 2.05) is 0 Å². The number of hydrogen-bond donors (Lipinski definition) is 1. The number of methoxy groups -OCH3 is 2. The Balaban J connectivity index is 0.000000480. The Morgan fingerprint density at radius 1 is 0.821 bits per heavy atom. The van der Waals surface area contributed by atoms with Gasteiger partial charge < -0.3 is 19.6 Å². The molecule has 0 bridgehead atoms. The van der Waals surface area contributed by atoms with Crippen LogP contribution in [0.2, 0.25) is 0 Å². The molecule has 0 unspecified atom stereocenters. The van der Waals surface area contributed by atoms with Crippen LogP contribution >= 0.6 is 0 Å². The number of rotatable bonds is 8. The molecule has 0 heterocycles. The van der Waals surface area contributed by atoms with Gasteiger partial charge in [-0.15, -0.1) is 0 Å². The molecular weight excluding hydrogens is 356 g/mol. The lowest BCUT2D eigenvalue weighted by atomic mass is 10.0. The molecule has 2 aromatic carbocycles. The summed E-state index contributed by atoms with van der Waals surface area (Å²) in [4.78, 5) is 14.7. The van der Waals surface area contributed by atoms with Crippen LogP contribution < -0.4 is 9.47 Å². The first-order valence-electron chi connectivity index (χ1n) is 9.32. The number of ketones is 1. The van der Waals surface area contributed by atoms with Gasteiger partial charge in [0.25, 0.3) is 0 Å². The van der Waals surface area contributed by atoms with E-state index in [2.05, 4.69) is 30.8 Å². The standard InChI is InChI=1S/C16H15NO4.C6H15N/c1-20-13-7-3-11(4-8-13)15(17-19)16(18)12-5-9-14(21-2)10-6-12;1-4-7(5-2)6-3/h3-10,19H,1-2H3;4-6H2,1-3H3/b17-15-;. The van der Waals surface area contributed by atoms with Gasteiger partial charge in [-0.1, -0.05) is 25.9 Å². The van der Waals surface area contributed by atoms with Crippen LogP contribution in [0.15, 0.2) is 53.7 Å². The van der Waals surface area contributed by atoms with E-state index in [1.165, 1.54) is 19.6 Å². The average Bonchev–Trinajstić information content (AvgIpc) is 2.76. The Hall–Kier alpha value is -2.86. The van der Waals surface area contributed by atoms with E-state index in [9.17, 15) is 4.79 Å². The van der Waals surface area contributed by atoms with Crippen LogP contribution in [0.5, 0.6) is 11.5 Å². The third-order valence-electron chi connectivity index (χ3n) is 4.37. The van der Waals surface area contributed by atoms with Gasteiger partial charge in [0.2, 0.25) is 5.78 Å². The Labute approximate surface area is 167 Å². The van der Waals surface area contributed by atoms with Crippen LogP contribution in [0.25, 0.3) is 0 Å². The molecule has 2 aromatic rings. The fraction of sp³-hybridized carbons (Fsp3) is 0.364. The second-order valence-corrected chi connectivity index (χ2v) is 5.85. The molecule has 28 heavy (non-hydrogen) atoms. The molecule has 0 amide bonds. The van der Waals surface area contributed by atoms with Crippen LogP contribution in [0.4, 0.5) is 0 Å². The van der Waals surface area contributed by atoms with Crippen molar-refractivity contribution in [2.24, 2.45) is 5.16 Å². The normalized spacial score (nSPS) is 10.9. The van der Waals surface area contributed by atoms with Gasteiger partial charge in [0.1, 0.15) is 11.5 Å². The molecule has 2 rings (SSSR count). The van der Waals surface area contributed by atoms with E-state index < -0.39 is 0 Å². The number of oxime groups is 1. The molecule has 0 spiro atoms. The number of hydrogen-bond acceptors (Lipinski definition) is 6. The summed E-state index contributed by atoms with van der Waals surface area (Å²) < 4.78 is 10.1. The monoisotopic (exact) mass is 386 g/mol. The summed E-state index contributed by atoms with van der Waals surface area (Å²) in [6, 6.07) is 13.3. The van der Waals surface area contributed by atoms with Crippen molar-refractivity contribution in [1.29, 1.82) is 0 Å². The van der Waals surface area contributed by atoms with Crippen molar-refractivity contribution in [3.05, 3.63) is 59.7 Å². The number of carbonyl (C=O) groups excluding carboxylic acids is 1. The molecule has 152 valence electrons. The van der Waals surface area contributed by atoms with Crippen molar-refractivity contribution in [2.75, 3.05) is 33.9 Å². The van der Waals surface area contributed by atoms with Gasteiger partial charge in [0.05, 0.1) is 14.2 Å². The number of carbonyl (C=O) groups is 1. The summed E-state index contributed by atoms with van der Waals surface area (Å²) in [6.07, 6.45) is 0. The van der Waals surface area contributed by atoms with E-state index >= 15 is 0 Å². The molecule has 0 atom stereocenters. The zero-order valence-electron chi connectivity index (χ0n) is 17.3. The molecule has 0 radical (unpaired) electrons. The molecule has 6 nitrogen and oxygen atoms in total. The SMILES string of the molecule is CCN(CC)CC.COc1ccc(C(=O)/C(=N\O)c2ccc(OC)cc2)cc1. The largest absolute Gasteiger partial charge is 0.497 e. The molecule has 0 aliphatic heterocycles. The van der Waals surface area contributed by atoms with Gasteiger partial charge in [-0.2, -0.15) is 0 Å². The van der Waals surface area contributed by atoms with Crippen molar-refractivity contribution in [3.63, 3.8) is 0 Å². The molecule has 1 N–H and O–H groups in total. The lowest BCUT2D eigenvalue weighted by molar-refractivity contribution is 0.106. The first kappa shape index (κ1) is 23.2. The summed E-state index contributed by atoms with van der Waals surface area (Å²) in [5.41, 5.74) is 0.904. The van der Waals surface area contributed by atoms with E-state index in [1.54, 1.807) is 62.8 Å². The predicted molar refractivity (Wildman–Crippen MR) is 112 cm³/mol. The molecule has 6 heteroatoms. The van der Waals surface area contributed by atoms with Gasteiger partial charge in [-0.05, 0) is 68.2 Å². The van der Waals surface area contributed by atoms with E-state index in [4.69, 9.17) is 14.7 Å².